The molecule has 5 nitrogen and oxygen atoms in total. The molecule has 1 aromatic rings. The van der Waals surface area contributed by atoms with E-state index in [4.69, 9.17) is 5.14 Å². The Bertz CT molecular complexity index is 396. The summed E-state index contributed by atoms with van der Waals surface area (Å²) in [5, 5.41) is 4.85. The first-order chi connectivity index (χ1) is 5.95. The van der Waals surface area contributed by atoms with Gasteiger partial charge in [0, 0.05) is 13.2 Å². The molecule has 0 aliphatic heterocycles. The summed E-state index contributed by atoms with van der Waals surface area (Å²) in [5.74, 6) is 1.38. The zero-order valence-corrected chi connectivity index (χ0v) is 9.02. The summed E-state index contributed by atoms with van der Waals surface area (Å²) >= 11 is 1.57. The number of aromatic nitrogens is 2. The Balaban J connectivity index is 3.09. The standard InChI is InChI=1S/C6H11N3O2S2/c1-9-3-6(13(7,10)11)8-5(9)4-12-2/h3H,4H2,1-2H3,(H2,7,10,11). The maximum atomic E-state index is 10.9. The molecule has 0 amide bonds. The molecule has 0 saturated carbocycles. The van der Waals surface area contributed by atoms with Gasteiger partial charge < -0.3 is 4.57 Å². The van der Waals surface area contributed by atoms with Gasteiger partial charge >= 0.3 is 0 Å². The van der Waals surface area contributed by atoms with Gasteiger partial charge in [-0.25, -0.2) is 18.5 Å². The Labute approximate surface area is 81.4 Å². The van der Waals surface area contributed by atoms with Gasteiger partial charge in [0.05, 0.1) is 5.75 Å². The minimum absolute atomic E-state index is 0.0703. The predicted octanol–water partition coefficient (Wildman–Crippen LogP) is -0.0695. The van der Waals surface area contributed by atoms with Gasteiger partial charge in [-0.05, 0) is 6.26 Å². The van der Waals surface area contributed by atoms with E-state index in [-0.39, 0.29) is 5.03 Å². The fraction of sp³-hybridized carbons (Fsp3) is 0.500. The van der Waals surface area contributed by atoms with E-state index in [1.165, 1.54) is 6.20 Å². The van der Waals surface area contributed by atoms with E-state index in [9.17, 15) is 8.42 Å². The van der Waals surface area contributed by atoms with Gasteiger partial charge in [0.25, 0.3) is 10.0 Å². The third-order valence-corrected chi connectivity index (χ3v) is 2.84. The van der Waals surface area contributed by atoms with Crippen LogP contribution in [0.5, 0.6) is 0 Å². The first-order valence-corrected chi connectivity index (χ1v) is 6.43. The smallest absolute Gasteiger partial charge is 0.257 e. The van der Waals surface area contributed by atoms with Crippen LogP contribution in [0.3, 0.4) is 0 Å². The van der Waals surface area contributed by atoms with Crippen LogP contribution in [0.1, 0.15) is 5.82 Å². The summed E-state index contributed by atoms with van der Waals surface area (Å²) in [5.41, 5.74) is 0. The van der Waals surface area contributed by atoms with Gasteiger partial charge in [0.15, 0.2) is 5.03 Å². The van der Waals surface area contributed by atoms with Crippen LogP contribution in [0.25, 0.3) is 0 Å². The number of hydrogen-bond acceptors (Lipinski definition) is 4. The van der Waals surface area contributed by atoms with E-state index in [0.717, 1.165) is 0 Å². The number of rotatable bonds is 3. The van der Waals surface area contributed by atoms with Crippen LogP contribution in [-0.2, 0) is 22.8 Å². The van der Waals surface area contributed by atoms with Crippen LogP contribution >= 0.6 is 11.8 Å². The van der Waals surface area contributed by atoms with Crippen molar-refractivity contribution in [2.45, 2.75) is 10.8 Å². The van der Waals surface area contributed by atoms with Crippen molar-refractivity contribution in [3.63, 3.8) is 0 Å². The van der Waals surface area contributed by atoms with Crippen molar-refractivity contribution in [1.29, 1.82) is 0 Å². The second kappa shape index (κ2) is 3.69. The maximum absolute atomic E-state index is 10.9. The van der Waals surface area contributed by atoms with E-state index < -0.39 is 10.0 Å². The monoisotopic (exact) mass is 221 g/mol. The van der Waals surface area contributed by atoms with Crippen molar-refractivity contribution in [3.8, 4) is 0 Å². The Kier molecular flexibility index (Phi) is 2.99. The van der Waals surface area contributed by atoms with Gasteiger partial charge in [-0.15, -0.1) is 0 Å². The number of thioether (sulfide) groups is 1. The van der Waals surface area contributed by atoms with Crippen LogP contribution in [0.15, 0.2) is 11.2 Å². The van der Waals surface area contributed by atoms with Crippen molar-refractivity contribution in [1.82, 2.24) is 9.55 Å². The number of aryl methyl sites for hydroxylation is 1. The summed E-state index contributed by atoms with van der Waals surface area (Å²) in [7, 11) is -1.92. The summed E-state index contributed by atoms with van der Waals surface area (Å²) in [6.07, 6.45) is 3.34. The highest BCUT2D eigenvalue weighted by atomic mass is 32.2. The molecule has 0 radical (unpaired) electrons. The second-order valence-electron chi connectivity index (χ2n) is 2.58. The average Bonchev–Trinajstić information content (AvgIpc) is 2.32. The molecule has 0 aliphatic carbocycles. The lowest BCUT2D eigenvalue weighted by atomic mass is 10.7. The molecular weight excluding hydrogens is 210 g/mol. The summed E-state index contributed by atoms with van der Waals surface area (Å²) in [6.45, 7) is 0. The lowest BCUT2D eigenvalue weighted by molar-refractivity contribution is 0.594. The molecule has 0 aliphatic rings. The van der Waals surface area contributed by atoms with Crippen molar-refractivity contribution in [2.24, 2.45) is 12.2 Å². The highest BCUT2D eigenvalue weighted by molar-refractivity contribution is 7.97. The van der Waals surface area contributed by atoms with Crippen LogP contribution < -0.4 is 5.14 Å². The number of nitrogens with zero attached hydrogens (tertiary/aromatic N) is 2. The lowest BCUT2D eigenvalue weighted by Crippen LogP contribution is -2.12. The molecule has 1 aromatic heterocycles. The number of imidazole rings is 1. The third-order valence-electron chi connectivity index (χ3n) is 1.52. The lowest BCUT2D eigenvalue weighted by Gasteiger charge is -1.95. The molecule has 74 valence electrons. The summed E-state index contributed by atoms with van der Waals surface area (Å²) in [4.78, 5) is 3.90. The number of primary sulfonamides is 1. The van der Waals surface area contributed by atoms with Crippen molar-refractivity contribution >= 4 is 21.8 Å². The van der Waals surface area contributed by atoms with E-state index in [0.29, 0.717) is 11.6 Å². The molecule has 7 heteroatoms. The average molecular weight is 221 g/mol. The maximum Gasteiger partial charge on any atom is 0.257 e. The third kappa shape index (κ3) is 2.45. The fourth-order valence-corrected chi connectivity index (χ4v) is 1.94. The molecule has 13 heavy (non-hydrogen) atoms. The van der Waals surface area contributed by atoms with E-state index in [2.05, 4.69) is 4.98 Å². The second-order valence-corrected chi connectivity index (χ2v) is 4.96. The predicted molar refractivity (Wildman–Crippen MR) is 51.8 cm³/mol. The van der Waals surface area contributed by atoms with Crippen LogP contribution in [-0.4, -0.2) is 24.2 Å². The molecule has 0 bridgehead atoms. The van der Waals surface area contributed by atoms with Crippen molar-refractivity contribution in [2.75, 3.05) is 6.26 Å². The number of hydrogen-bond donors (Lipinski definition) is 1. The minimum Gasteiger partial charge on any atom is -0.336 e. The summed E-state index contributed by atoms with van der Waals surface area (Å²) < 4.78 is 23.5. The molecule has 0 fully saturated rings. The van der Waals surface area contributed by atoms with Crippen LogP contribution in [0, 0.1) is 0 Å². The highest BCUT2D eigenvalue weighted by Crippen LogP contribution is 2.10. The molecule has 0 unspecified atom stereocenters. The van der Waals surface area contributed by atoms with E-state index in [1.807, 2.05) is 6.26 Å². The molecule has 2 N–H and O–H groups in total. The van der Waals surface area contributed by atoms with Crippen molar-refractivity contribution in [3.05, 3.63) is 12.0 Å². The van der Waals surface area contributed by atoms with Gasteiger partial charge in [-0.3, -0.25) is 0 Å². The Morgan fingerprint density at radius 1 is 1.69 bits per heavy atom. The van der Waals surface area contributed by atoms with Gasteiger partial charge in [0.2, 0.25) is 0 Å². The Morgan fingerprint density at radius 3 is 2.69 bits per heavy atom. The fourth-order valence-electron chi connectivity index (χ4n) is 0.875. The Morgan fingerprint density at radius 2 is 2.31 bits per heavy atom. The molecule has 0 atom stereocenters. The molecule has 1 heterocycles. The van der Waals surface area contributed by atoms with Gasteiger partial charge in [0.1, 0.15) is 5.82 Å². The SMILES string of the molecule is CSCc1nc(S(N)(=O)=O)cn1C. The Hall–Kier alpha value is -0.530. The topological polar surface area (TPSA) is 78.0 Å². The van der Waals surface area contributed by atoms with Gasteiger partial charge in [-0.1, -0.05) is 0 Å². The largest absolute Gasteiger partial charge is 0.336 e. The molecule has 0 aromatic carbocycles. The normalized spacial score (nSPS) is 11.9. The molecule has 1 rings (SSSR count). The number of sulfonamides is 1. The summed E-state index contributed by atoms with van der Waals surface area (Å²) in [6, 6.07) is 0. The van der Waals surface area contributed by atoms with Crippen molar-refractivity contribution < 1.29 is 8.42 Å². The number of nitrogens with two attached hydrogens (primary N) is 1. The van der Waals surface area contributed by atoms with E-state index in [1.54, 1.807) is 23.4 Å². The van der Waals surface area contributed by atoms with Crippen LogP contribution in [0.2, 0.25) is 0 Å². The quantitative estimate of drug-likeness (QED) is 0.775. The first-order valence-electron chi connectivity index (χ1n) is 3.49. The van der Waals surface area contributed by atoms with E-state index >= 15 is 0 Å². The highest BCUT2D eigenvalue weighted by Gasteiger charge is 2.13. The molecular formula is C6H11N3O2S2. The molecule has 0 spiro atoms. The molecule has 0 saturated heterocycles. The minimum atomic E-state index is -3.66. The van der Waals surface area contributed by atoms with Crippen LogP contribution in [0.4, 0.5) is 0 Å². The zero-order valence-electron chi connectivity index (χ0n) is 7.39. The van der Waals surface area contributed by atoms with Gasteiger partial charge in [-0.2, -0.15) is 11.8 Å². The first kappa shape index (κ1) is 10.6. The zero-order chi connectivity index (χ0) is 10.1.